The Morgan fingerprint density at radius 1 is 1.24 bits per heavy atom. The predicted octanol–water partition coefficient (Wildman–Crippen LogP) is 2.53. The van der Waals surface area contributed by atoms with Crippen molar-refractivity contribution >= 4 is 17.5 Å². The Labute approximate surface area is 148 Å². The van der Waals surface area contributed by atoms with E-state index >= 15 is 0 Å². The van der Waals surface area contributed by atoms with Gasteiger partial charge in [0.25, 0.3) is 0 Å². The van der Waals surface area contributed by atoms with Crippen LogP contribution in [-0.4, -0.2) is 41.4 Å². The summed E-state index contributed by atoms with van der Waals surface area (Å²) in [5.74, 6) is -0.322. The minimum atomic E-state index is -0.801. The molecule has 6 heteroatoms. The zero-order valence-electron chi connectivity index (χ0n) is 14.8. The number of carbonyl (C=O) groups excluding carboxylic acids is 2. The second-order valence-electron chi connectivity index (χ2n) is 7.45. The molecular weight excluding hydrogens is 321 g/mol. The van der Waals surface area contributed by atoms with Gasteiger partial charge in [-0.3, -0.25) is 9.59 Å². The molecule has 1 aromatic carbocycles. The topological polar surface area (TPSA) is 61.4 Å². The number of hydrogen-bond acceptors (Lipinski definition) is 3. The number of hydrogen-bond donors (Lipinski definition) is 2. The summed E-state index contributed by atoms with van der Waals surface area (Å²) in [5, 5.41) is 6.33. The summed E-state index contributed by atoms with van der Waals surface area (Å²) in [4.78, 5) is 26.9. The predicted molar refractivity (Wildman–Crippen MR) is 94.6 cm³/mol. The van der Waals surface area contributed by atoms with E-state index in [9.17, 15) is 14.0 Å². The van der Waals surface area contributed by atoms with E-state index in [1.165, 1.54) is 12.1 Å². The van der Waals surface area contributed by atoms with Gasteiger partial charge in [0.15, 0.2) is 0 Å². The lowest BCUT2D eigenvalue weighted by Gasteiger charge is -2.42. The fraction of sp³-hybridized carbons (Fsp3) is 0.579. The Morgan fingerprint density at radius 3 is 2.48 bits per heavy atom. The van der Waals surface area contributed by atoms with E-state index in [0.29, 0.717) is 31.6 Å². The molecule has 0 spiro atoms. The van der Waals surface area contributed by atoms with Crippen molar-refractivity contribution in [3.8, 4) is 0 Å². The first-order valence-corrected chi connectivity index (χ1v) is 9.03. The normalized spacial score (nSPS) is 19.6. The van der Waals surface area contributed by atoms with Gasteiger partial charge in [0, 0.05) is 30.7 Å². The lowest BCUT2D eigenvalue weighted by atomic mass is 9.85. The highest BCUT2D eigenvalue weighted by Crippen LogP contribution is 2.30. The molecule has 0 aromatic heterocycles. The molecule has 0 unspecified atom stereocenters. The highest BCUT2D eigenvalue weighted by Gasteiger charge is 2.44. The standard InChI is InChI=1S/C19H26FN3O2/c1-13(2)17(24)23-10-8-19(9-11-23,18(25)21-15-6-7-15)22-16-5-3-4-14(20)12-16/h3-5,12-13,15,22H,6-11H2,1-2H3,(H,21,25). The van der Waals surface area contributed by atoms with Gasteiger partial charge in [-0.15, -0.1) is 0 Å². The van der Waals surface area contributed by atoms with Crippen LogP contribution in [0.4, 0.5) is 10.1 Å². The second kappa shape index (κ2) is 7.02. The lowest BCUT2D eigenvalue weighted by Crippen LogP contribution is -2.59. The van der Waals surface area contributed by atoms with Crippen LogP contribution in [0.25, 0.3) is 0 Å². The third-order valence-electron chi connectivity index (χ3n) is 4.98. The average molecular weight is 347 g/mol. The van der Waals surface area contributed by atoms with Crippen LogP contribution in [0.1, 0.15) is 39.5 Å². The minimum Gasteiger partial charge on any atom is -0.371 e. The Balaban J connectivity index is 1.76. The molecule has 136 valence electrons. The number of nitrogens with zero attached hydrogens (tertiary/aromatic N) is 1. The molecular formula is C19H26FN3O2. The molecule has 25 heavy (non-hydrogen) atoms. The molecule has 1 heterocycles. The summed E-state index contributed by atoms with van der Waals surface area (Å²) in [7, 11) is 0. The van der Waals surface area contributed by atoms with Crippen LogP contribution in [-0.2, 0) is 9.59 Å². The SMILES string of the molecule is CC(C)C(=O)N1CCC(Nc2cccc(F)c2)(C(=O)NC2CC2)CC1. The molecule has 1 saturated heterocycles. The zero-order valence-corrected chi connectivity index (χ0v) is 14.8. The first-order chi connectivity index (χ1) is 11.9. The van der Waals surface area contributed by atoms with Crippen molar-refractivity contribution in [2.24, 2.45) is 5.92 Å². The first kappa shape index (κ1) is 17.7. The third kappa shape index (κ3) is 4.11. The van der Waals surface area contributed by atoms with Gasteiger partial charge < -0.3 is 15.5 Å². The van der Waals surface area contributed by atoms with E-state index in [1.807, 2.05) is 18.7 Å². The van der Waals surface area contributed by atoms with Crippen LogP contribution < -0.4 is 10.6 Å². The van der Waals surface area contributed by atoms with E-state index in [-0.39, 0.29) is 29.6 Å². The van der Waals surface area contributed by atoms with Crippen LogP contribution in [0, 0.1) is 11.7 Å². The molecule has 0 radical (unpaired) electrons. The molecule has 2 fully saturated rings. The summed E-state index contributed by atoms with van der Waals surface area (Å²) in [5.41, 5.74) is -0.209. The van der Waals surface area contributed by atoms with Gasteiger partial charge in [0.2, 0.25) is 11.8 Å². The van der Waals surface area contributed by atoms with Gasteiger partial charge >= 0.3 is 0 Å². The summed E-state index contributed by atoms with van der Waals surface area (Å²) in [6, 6.07) is 6.43. The fourth-order valence-corrected chi connectivity index (χ4v) is 3.28. The van der Waals surface area contributed by atoms with Crippen LogP contribution in [0.2, 0.25) is 0 Å². The molecule has 1 saturated carbocycles. The largest absolute Gasteiger partial charge is 0.371 e. The van der Waals surface area contributed by atoms with E-state index in [2.05, 4.69) is 10.6 Å². The van der Waals surface area contributed by atoms with Gasteiger partial charge in [-0.1, -0.05) is 19.9 Å². The Hall–Kier alpha value is -2.11. The molecule has 5 nitrogen and oxygen atoms in total. The van der Waals surface area contributed by atoms with Crippen molar-refractivity contribution in [1.82, 2.24) is 10.2 Å². The van der Waals surface area contributed by atoms with Crippen molar-refractivity contribution < 1.29 is 14.0 Å². The molecule has 3 rings (SSSR count). The Morgan fingerprint density at radius 2 is 1.92 bits per heavy atom. The monoisotopic (exact) mass is 347 g/mol. The van der Waals surface area contributed by atoms with Crippen molar-refractivity contribution in [2.45, 2.75) is 51.1 Å². The van der Waals surface area contributed by atoms with Crippen molar-refractivity contribution in [1.29, 1.82) is 0 Å². The number of nitrogens with one attached hydrogen (secondary N) is 2. The number of likely N-dealkylation sites (tertiary alicyclic amines) is 1. The van der Waals surface area contributed by atoms with E-state index < -0.39 is 5.54 Å². The van der Waals surface area contributed by atoms with Gasteiger partial charge in [-0.25, -0.2) is 4.39 Å². The maximum Gasteiger partial charge on any atom is 0.246 e. The van der Waals surface area contributed by atoms with Gasteiger partial charge in [0.1, 0.15) is 11.4 Å². The number of amides is 2. The number of halogens is 1. The van der Waals surface area contributed by atoms with Gasteiger partial charge in [-0.2, -0.15) is 0 Å². The van der Waals surface area contributed by atoms with Crippen LogP contribution >= 0.6 is 0 Å². The van der Waals surface area contributed by atoms with E-state index in [4.69, 9.17) is 0 Å². The van der Waals surface area contributed by atoms with Crippen molar-refractivity contribution in [3.05, 3.63) is 30.1 Å². The Kier molecular flexibility index (Phi) is 4.97. The Bertz CT molecular complexity index is 650. The van der Waals surface area contributed by atoms with Crippen LogP contribution in [0.15, 0.2) is 24.3 Å². The number of benzene rings is 1. The van der Waals surface area contributed by atoms with Crippen molar-refractivity contribution in [3.63, 3.8) is 0 Å². The smallest absolute Gasteiger partial charge is 0.246 e. The molecule has 1 aromatic rings. The highest BCUT2D eigenvalue weighted by molar-refractivity contribution is 5.90. The molecule has 1 aliphatic heterocycles. The van der Waals surface area contributed by atoms with Gasteiger partial charge in [-0.05, 0) is 43.9 Å². The molecule has 2 N–H and O–H groups in total. The number of carbonyl (C=O) groups is 2. The summed E-state index contributed by atoms with van der Waals surface area (Å²) < 4.78 is 13.5. The first-order valence-electron chi connectivity index (χ1n) is 9.03. The zero-order chi connectivity index (χ0) is 18.0. The molecule has 0 atom stereocenters. The van der Waals surface area contributed by atoms with E-state index in [1.54, 1.807) is 12.1 Å². The lowest BCUT2D eigenvalue weighted by molar-refractivity contribution is -0.138. The van der Waals surface area contributed by atoms with Crippen molar-refractivity contribution in [2.75, 3.05) is 18.4 Å². The molecule has 2 amide bonds. The maximum absolute atomic E-state index is 13.5. The molecule has 2 aliphatic rings. The number of anilines is 1. The van der Waals surface area contributed by atoms with E-state index in [0.717, 1.165) is 12.8 Å². The molecule has 0 bridgehead atoms. The quantitative estimate of drug-likeness (QED) is 0.860. The minimum absolute atomic E-state index is 0.0455. The maximum atomic E-state index is 13.5. The third-order valence-corrected chi connectivity index (χ3v) is 4.98. The van der Waals surface area contributed by atoms with Gasteiger partial charge in [0.05, 0.1) is 0 Å². The summed E-state index contributed by atoms with van der Waals surface area (Å²) in [6.45, 7) is 4.82. The fourth-order valence-electron chi connectivity index (χ4n) is 3.28. The molecule has 1 aliphatic carbocycles. The number of rotatable bonds is 5. The highest BCUT2D eigenvalue weighted by atomic mass is 19.1. The second-order valence-corrected chi connectivity index (χ2v) is 7.45. The summed E-state index contributed by atoms with van der Waals surface area (Å²) in [6.07, 6.45) is 3.06. The average Bonchev–Trinajstić information content (AvgIpc) is 3.38. The number of piperidine rings is 1. The van der Waals surface area contributed by atoms with Crippen LogP contribution in [0.5, 0.6) is 0 Å². The summed E-state index contributed by atoms with van der Waals surface area (Å²) >= 11 is 0. The van der Waals surface area contributed by atoms with Crippen LogP contribution in [0.3, 0.4) is 0 Å².